The van der Waals surface area contributed by atoms with Crippen molar-refractivity contribution < 1.29 is 22.7 Å². The average molecular weight is 434 g/mol. The summed E-state index contributed by atoms with van der Waals surface area (Å²) in [5, 5.41) is 6.39. The van der Waals surface area contributed by atoms with Crippen molar-refractivity contribution in [3.63, 3.8) is 0 Å². The van der Waals surface area contributed by atoms with Gasteiger partial charge in [0.1, 0.15) is 6.61 Å². The number of thiazole rings is 1. The first-order chi connectivity index (χ1) is 13.8. The minimum absolute atomic E-state index is 0.0493. The molecule has 0 bridgehead atoms. The van der Waals surface area contributed by atoms with Gasteiger partial charge in [-0.15, -0.1) is 11.3 Å². The molecule has 0 saturated carbocycles. The Bertz CT molecular complexity index is 1140. The topological polar surface area (TPSA) is 114 Å². The molecule has 2 N–H and O–H groups in total. The molecule has 0 fully saturated rings. The van der Waals surface area contributed by atoms with Crippen LogP contribution in [0.4, 0.5) is 5.13 Å². The summed E-state index contributed by atoms with van der Waals surface area (Å²) < 4.78 is 32.3. The fourth-order valence-corrected chi connectivity index (χ4v) is 4.32. The van der Waals surface area contributed by atoms with Gasteiger partial charge >= 0.3 is 5.97 Å². The molecule has 0 saturated heterocycles. The Hall–Kier alpha value is -2.82. The van der Waals surface area contributed by atoms with Gasteiger partial charge in [0.25, 0.3) is 0 Å². The van der Waals surface area contributed by atoms with E-state index < -0.39 is 16.0 Å². The first-order valence-corrected chi connectivity index (χ1v) is 11.1. The van der Waals surface area contributed by atoms with Crippen LogP contribution in [-0.4, -0.2) is 31.8 Å². The van der Waals surface area contributed by atoms with Crippen LogP contribution >= 0.6 is 11.3 Å². The minimum atomic E-state index is -3.73. The number of amides is 1. The van der Waals surface area contributed by atoms with Crippen molar-refractivity contribution in [2.75, 3.05) is 11.9 Å². The van der Waals surface area contributed by atoms with Crippen LogP contribution in [0.1, 0.15) is 19.0 Å². The highest BCUT2D eigenvalue weighted by Crippen LogP contribution is 2.19. The predicted octanol–water partition coefficient (Wildman–Crippen LogP) is 2.67. The Morgan fingerprint density at radius 2 is 1.90 bits per heavy atom. The predicted molar refractivity (Wildman–Crippen MR) is 110 cm³/mol. The molecule has 1 amide bonds. The van der Waals surface area contributed by atoms with Gasteiger partial charge < -0.3 is 10.1 Å². The van der Waals surface area contributed by atoms with Gasteiger partial charge in [-0.05, 0) is 22.9 Å². The molecule has 0 spiro atoms. The van der Waals surface area contributed by atoms with Gasteiger partial charge in [-0.3, -0.25) is 9.59 Å². The van der Waals surface area contributed by atoms with Crippen LogP contribution in [-0.2, 0) is 31.0 Å². The van der Waals surface area contributed by atoms with Gasteiger partial charge in [0.15, 0.2) is 5.13 Å². The van der Waals surface area contributed by atoms with Crippen LogP contribution in [0.15, 0.2) is 52.7 Å². The highest BCUT2D eigenvalue weighted by atomic mass is 32.2. The standard InChI is InChI=1S/C19H19N3O5S2/c1-13(23)21-19-22-16(12-28-19)11-27-18(24)8-9-20-29(25,26)17-7-6-14-4-2-3-5-15(14)10-17/h2-7,10,12,20H,8-9,11H2,1H3,(H,21,22,23). The third-order valence-electron chi connectivity index (χ3n) is 3.87. The zero-order valence-corrected chi connectivity index (χ0v) is 17.2. The third kappa shape index (κ3) is 5.83. The van der Waals surface area contributed by atoms with E-state index in [-0.39, 0.29) is 30.4 Å². The molecule has 0 unspecified atom stereocenters. The Morgan fingerprint density at radius 1 is 1.14 bits per heavy atom. The number of nitrogens with one attached hydrogen (secondary N) is 2. The van der Waals surface area contributed by atoms with Crippen molar-refractivity contribution >= 4 is 49.1 Å². The van der Waals surface area contributed by atoms with Crippen LogP contribution in [0.2, 0.25) is 0 Å². The molecule has 3 rings (SSSR count). The number of nitrogens with zero attached hydrogens (tertiary/aromatic N) is 1. The minimum Gasteiger partial charge on any atom is -0.459 e. The SMILES string of the molecule is CC(=O)Nc1nc(COC(=O)CCNS(=O)(=O)c2ccc3ccccc3c2)cs1. The van der Waals surface area contributed by atoms with Crippen LogP contribution < -0.4 is 10.0 Å². The van der Waals surface area contributed by atoms with E-state index in [1.807, 2.05) is 24.3 Å². The first kappa shape index (κ1) is 20.9. The highest BCUT2D eigenvalue weighted by molar-refractivity contribution is 7.89. The number of carbonyl (C=O) groups excluding carboxylic acids is 2. The molecule has 2 aromatic carbocycles. The molecule has 1 heterocycles. The number of anilines is 1. The molecule has 29 heavy (non-hydrogen) atoms. The van der Waals surface area contributed by atoms with Gasteiger partial charge in [-0.1, -0.05) is 30.3 Å². The maximum atomic E-state index is 12.4. The van der Waals surface area contributed by atoms with Crippen molar-refractivity contribution in [3.8, 4) is 0 Å². The summed E-state index contributed by atoms with van der Waals surface area (Å²) in [5.41, 5.74) is 0.504. The van der Waals surface area contributed by atoms with Crippen molar-refractivity contribution in [1.82, 2.24) is 9.71 Å². The Morgan fingerprint density at radius 3 is 2.66 bits per heavy atom. The molecule has 3 aromatic rings. The molecule has 0 radical (unpaired) electrons. The van der Waals surface area contributed by atoms with Gasteiger partial charge in [0, 0.05) is 18.8 Å². The van der Waals surface area contributed by atoms with Crippen molar-refractivity contribution in [1.29, 1.82) is 0 Å². The molecule has 0 aliphatic carbocycles. The fraction of sp³-hybridized carbons (Fsp3) is 0.211. The molecule has 0 aliphatic rings. The number of rotatable bonds is 8. The number of aromatic nitrogens is 1. The van der Waals surface area contributed by atoms with Crippen molar-refractivity contribution in [2.24, 2.45) is 0 Å². The highest BCUT2D eigenvalue weighted by Gasteiger charge is 2.15. The number of esters is 1. The smallest absolute Gasteiger partial charge is 0.307 e. The summed E-state index contributed by atoms with van der Waals surface area (Å²) in [6, 6.07) is 12.3. The van der Waals surface area contributed by atoms with Gasteiger partial charge in [0.05, 0.1) is 17.0 Å². The lowest BCUT2D eigenvalue weighted by molar-refractivity contribution is -0.144. The lowest BCUT2D eigenvalue weighted by atomic mass is 10.1. The Balaban J connectivity index is 1.48. The van der Waals surface area contributed by atoms with Crippen LogP contribution in [0, 0.1) is 0 Å². The van der Waals surface area contributed by atoms with Gasteiger partial charge in [-0.2, -0.15) is 0 Å². The molecular weight excluding hydrogens is 414 g/mol. The number of carbonyl (C=O) groups is 2. The van der Waals surface area contributed by atoms with Crippen LogP contribution in [0.3, 0.4) is 0 Å². The maximum Gasteiger partial charge on any atom is 0.307 e. The summed E-state index contributed by atoms with van der Waals surface area (Å²) in [6.07, 6.45) is -0.116. The number of benzene rings is 2. The normalized spacial score (nSPS) is 11.3. The van der Waals surface area contributed by atoms with Crippen molar-refractivity contribution in [2.45, 2.75) is 24.8 Å². The maximum absolute atomic E-state index is 12.4. The first-order valence-electron chi connectivity index (χ1n) is 8.69. The zero-order chi connectivity index (χ0) is 20.9. The number of hydrogen-bond acceptors (Lipinski definition) is 7. The van der Waals surface area contributed by atoms with Gasteiger partial charge in [-0.25, -0.2) is 18.1 Å². The lowest BCUT2D eigenvalue weighted by Crippen LogP contribution is -2.26. The summed E-state index contributed by atoms with van der Waals surface area (Å²) in [5.74, 6) is -0.790. The third-order valence-corrected chi connectivity index (χ3v) is 6.13. The second-order valence-corrected chi connectivity index (χ2v) is 8.77. The second-order valence-electron chi connectivity index (χ2n) is 6.14. The Kier molecular flexibility index (Phi) is 6.57. The van der Waals surface area contributed by atoms with E-state index in [0.29, 0.717) is 10.8 Å². The molecule has 152 valence electrons. The summed E-state index contributed by atoms with van der Waals surface area (Å²) in [6.45, 7) is 1.24. The van der Waals surface area contributed by atoms with E-state index in [2.05, 4.69) is 15.0 Å². The average Bonchev–Trinajstić information content (AvgIpc) is 3.12. The van der Waals surface area contributed by atoms with Crippen molar-refractivity contribution in [3.05, 3.63) is 53.5 Å². The van der Waals surface area contributed by atoms with Crippen LogP contribution in [0.25, 0.3) is 10.8 Å². The Labute approximate surface area is 172 Å². The number of ether oxygens (including phenoxy) is 1. The number of sulfonamides is 1. The fourth-order valence-electron chi connectivity index (χ4n) is 2.51. The molecule has 0 atom stereocenters. The zero-order valence-electron chi connectivity index (χ0n) is 15.5. The number of fused-ring (bicyclic) bond motifs is 1. The van der Waals surface area contributed by atoms with E-state index in [9.17, 15) is 18.0 Å². The second kappa shape index (κ2) is 9.12. The largest absolute Gasteiger partial charge is 0.459 e. The molecule has 10 heteroatoms. The molecule has 8 nitrogen and oxygen atoms in total. The van der Waals surface area contributed by atoms with Gasteiger partial charge in [0.2, 0.25) is 15.9 Å². The molecular formula is C19H19N3O5S2. The van der Waals surface area contributed by atoms with E-state index in [0.717, 1.165) is 10.8 Å². The monoisotopic (exact) mass is 433 g/mol. The van der Waals surface area contributed by atoms with E-state index >= 15 is 0 Å². The summed E-state index contributed by atoms with van der Waals surface area (Å²) >= 11 is 1.22. The van der Waals surface area contributed by atoms with Crippen LogP contribution in [0.5, 0.6) is 0 Å². The lowest BCUT2D eigenvalue weighted by Gasteiger charge is -2.08. The van der Waals surface area contributed by atoms with E-state index in [1.54, 1.807) is 17.5 Å². The number of hydrogen-bond donors (Lipinski definition) is 2. The summed E-state index contributed by atoms with van der Waals surface area (Å²) in [4.78, 5) is 27.1. The molecule has 0 aliphatic heterocycles. The molecule has 1 aromatic heterocycles. The van der Waals surface area contributed by atoms with E-state index in [4.69, 9.17) is 4.74 Å². The summed E-state index contributed by atoms with van der Waals surface area (Å²) in [7, 11) is -3.73. The van der Waals surface area contributed by atoms with E-state index in [1.165, 1.54) is 24.3 Å². The quantitative estimate of drug-likeness (QED) is 0.528.